The Labute approximate surface area is 206 Å². The highest BCUT2D eigenvalue weighted by Crippen LogP contribution is 2.31. The predicted octanol–water partition coefficient (Wildman–Crippen LogP) is 1.57. The van der Waals surface area contributed by atoms with Gasteiger partial charge < -0.3 is 25.3 Å². The highest BCUT2D eigenvalue weighted by Gasteiger charge is 2.31. The van der Waals surface area contributed by atoms with Crippen LogP contribution >= 0.6 is 0 Å². The Hall–Kier alpha value is -3.12. The first kappa shape index (κ1) is 26.5. The lowest BCUT2D eigenvalue weighted by atomic mass is 9.96. The molecule has 3 rings (SSSR count). The Bertz CT molecular complexity index is 1110. The molecule has 0 saturated carbocycles. The number of sulfonamides is 1. The Morgan fingerprint density at radius 1 is 1.34 bits per heavy atom. The summed E-state index contributed by atoms with van der Waals surface area (Å²) in [6, 6.07) is 4.10. The summed E-state index contributed by atoms with van der Waals surface area (Å²) in [6.07, 6.45) is 4.77. The summed E-state index contributed by atoms with van der Waals surface area (Å²) in [6.45, 7) is 4.84. The first-order valence-electron chi connectivity index (χ1n) is 11.7. The number of hydrogen-bond acceptors (Lipinski definition) is 8. The van der Waals surface area contributed by atoms with Gasteiger partial charge in [0, 0.05) is 32.5 Å². The number of ether oxygens (including phenoxy) is 1. The lowest BCUT2D eigenvalue weighted by Crippen LogP contribution is -2.48. The third kappa shape index (κ3) is 7.18. The van der Waals surface area contributed by atoms with Crippen molar-refractivity contribution in [3.63, 3.8) is 0 Å². The van der Waals surface area contributed by atoms with Gasteiger partial charge in [-0.3, -0.25) is 9.59 Å². The van der Waals surface area contributed by atoms with Gasteiger partial charge in [-0.05, 0) is 43.7 Å². The number of benzene rings is 1. The van der Waals surface area contributed by atoms with E-state index in [1.54, 1.807) is 25.4 Å². The fraction of sp³-hybridized carbons (Fsp3) is 0.522. The van der Waals surface area contributed by atoms with Gasteiger partial charge in [0.15, 0.2) is 5.95 Å². The first-order chi connectivity index (χ1) is 16.7. The summed E-state index contributed by atoms with van der Waals surface area (Å²) in [5, 5.41) is 6.31. The summed E-state index contributed by atoms with van der Waals surface area (Å²) in [5.41, 5.74) is 1.50. The molecule has 192 valence electrons. The molecule has 4 N–H and O–H groups in total. The Morgan fingerprint density at radius 2 is 2.14 bits per heavy atom. The van der Waals surface area contributed by atoms with Crippen LogP contribution in [0.15, 0.2) is 35.5 Å². The number of carbonyl (C=O) groups excluding carboxylic acids is 2. The van der Waals surface area contributed by atoms with Crippen molar-refractivity contribution in [3.05, 3.63) is 36.2 Å². The van der Waals surface area contributed by atoms with Crippen LogP contribution in [0.25, 0.3) is 0 Å². The zero-order valence-electron chi connectivity index (χ0n) is 20.3. The number of nitrogens with zero attached hydrogens (tertiary/aromatic N) is 2. The number of nitrogens with one attached hydrogen (secondary N) is 4. The van der Waals surface area contributed by atoms with E-state index >= 15 is 0 Å². The molecule has 1 aromatic carbocycles. The highest BCUT2D eigenvalue weighted by molar-refractivity contribution is 7.89. The maximum Gasteiger partial charge on any atom is 0.325 e. The molecule has 0 spiro atoms. The summed E-state index contributed by atoms with van der Waals surface area (Å²) < 4.78 is 34.4. The van der Waals surface area contributed by atoms with Crippen molar-refractivity contribution in [2.45, 2.75) is 44.0 Å². The van der Waals surface area contributed by atoms with Crippen molar-refractivity contribution in [1.29, 1.82) is 0 Å². The van der Waals surface area contributed by atoms with Crippen molar-refractivity contribution in [2.75, 3.05) is 43.9 Å². The number of H-pyrrole nitrogens is 1. The molecule has 1 aliphatic rings. The van der Waals surface area contributed by atoms with Crippen LogP contribution < -0.4 is 15.4 Å². The zero-order chi connectivity index (χ0) is 25.4. The summed E-state index contributed by atoms with van der Waals surface area (Å²) >= 11 is 0. The number of rotatable bonds is 12. The van der Waals surface area contributed by atoms with Gasteiger partial charge in [0.2, 0.25) is 15.9 Å². The molecular weight excluding hydrogens is 472 g/mol. The summed E-state index contributed by atoms with van der Waals surface area (Å²) in [7, 11) is -2.58. The van der Waals surface area contributed by atoms with Crippen LogP contribution in [0.4, 0.5) is 11.6 Å². The molecule has 2 heterocycles. The Balaban J connectivity index is 1.76. The van der Waals surface area contributed by atoms with Gasteiger partial charge >= 0.3 is 5.97 Å². The van der Waals surface area contributed by atoms with Gasteiger partial charge in [0.05, 0.1) is 12.3 Å². The summed E-state index contributed by atoms with van der Waals surface area (Å²) in [5.74, 6) is -0.0871. The van der Waals surface area contributed by atoms with Crippen molar-refractivity contribution in [2.24, 2.45) is 5.92 Å². The normalized spacial score (nSPS) is 16.0. The van der Waals surface area contributed by atoms with Crippen LogP contribution in [-0.2, 0) is 30.8 Å². The molecule has 1 aromatic heterocycles. The van der Waals surface area contributed by atoms with Gasteiger partial charge in [-0.25, -0.2) is 13.4 Å². The molecule has 12 heteroatoms. The second kappa shape index (κ2) is 12.0. The average molecular weight is 507 g/mol. The van der Waals surface area contributed by atoms with E-state index in [0.29, 0.717) is 37.1 Å². The molecular formula is C23H34N6O5S. The van der Waals surface area contributed by atoms with Crippen molar-refractivity contribution >= 4 is 33.5 Å². The molecule has 1 aliphatic heterocycles. The fourth-order valence-corrected chi connectivity index (χ4v) is 5.45. The summed E-state index contributed by atoms with van der Waals surface area (Å²) in [4.78, 5) is 33.4. The largest absolute Gasteiger partial charge is 0.465 e. The maximum atomic E-state index is 13.4. The molecule has 0 aliphatic carbocycles. The van der Waals surface area contributed by atoms with Crippen molar-refractivity contribution < 1.29 is 22.7 Å². The van der Waals surface area contributed by atoms with E-state index in [4.69, 9.17) is 4.74 Å². The maximum absolute atomic E-state index is 13.4. The molecule has 1 unspecified atom stereocenters. The van der Waals surface area contributed by atoms with E-state index in [1.165, 1.54) is 18.0 Å². The molecule has 35 heavy (non-hydrogen) atoms. The molecule has 0 saturated heterocycles. The number of esters is 1. The number of imidazole rings is 1. The number of para-hydroxylation sites is 1. The number of amides is 1. The monoisotopic (exact) mass is 506 g/mol. The number of hydrogen-bond donors (Lipinski definition) is 4. The van der Waals surface area contributed by atoms with E-state index in [1.807, 2.05) is 6.07 Å². The first-order valence-corrected chi connectivity index (χ1v) is 13.2. The van der Waals surface area contributed by atoms with Crippen molar-refractivity contribution in [1.82, 2.24) is 19.6 Å². The molecule has 11 nitrogen and oxygen atoms in total. The van der Waals surface area contributed by atoms with Crippen LogP contribution in [0.3, 0.4) is 0 Å². The molecule has 2 atom stereocenters. The second-order valence-electron chi connectivity index (χ2n) is 8.66. The quantitative estimate of drug-likeness (QED) is 0.251. The van der Waals surface area contributed by atoms with Crippen LogP contribution in [0, 0.1) is 5.92 Å². The van der Waals surface area contributed by atoms with Gasteiger partial charge in [0.25, 0.3) is 0 Å². The number of aromatic amines is 1. The van der Waals surface area contributed by atoms with Crippen LogP contribution in [0.5, 0.6) is 0 Å². The highest BCUT2D eigenvalue weighted by atomic mass is 32.2. The molecule has 0 bridgehead atoms. The SMILES string of the molecule is CCOC(=O)CN(C)C(=O)[C@H](CCCNc1ncc[nH]1)NS(=O)(=O)c1cccc2c1NCC(C)C2. The third-order valence-corrected chi connectivity index (χ3v) is 7.22. The number of fused-ring (bicyclic) bond motifs is 1. The number of carbonyl (C=O) groups is 2. The third-order valence-electron chi connectivity index (χ3n) is 5.70. The smallest absolute Gasteiger partial charge is 0.325 e. The van der Waals surface area contributed by atoms with E-state index < -0.39 is 27.9 Å². The van der Waals surface area contributed by atoms with Crippen LogP contribution in [0.2, 0.25) is 0 Å². The topological polar surface area (TPSA) is 146 Å². The predicted molar refractivity (Wildman–Crippen MR) is 132 cm³/mol. The number of likely N-dealkylation sites (N-methyl/N-ethyl adjacent to an activating group) is 1. The van der Waals surface area contributed by atoms with Gasteiger partial charge in [0.1, 0.15) is 17.5 Å². The lowest BCUT2D eigenvalue weighted by Gasteiger charge is -2.27. The van der Waals surface area contributed by atoms with Gasteiger partial charge in [-0.1, -0.05) is 19.1 Å². The minimum absolute atomic E-state index is 0.112. The molecule has 0 radical (unpaired) electrons. The number of aromatic nitrogens is 2. The standard InChI is InChI=1S/C23H34N6O5S/c1-4-34-20(30)15-29(3)22(31)18(8-6-10-24-23-25-11-12-26-23)28-35(32,33)19-9-5-7-17-13-16(2)14-27-21(17)19/h5,7,9,11-12,16,18,27-28H,4,6,8,10,13-15H2,1-3H3,(H2,24,25,26)/t16?,18-/m0/s1. The van der Waals surface area contributed by atoms with Crippen molar-refractivity contribution in [3.8, 4) is 0 Å². The minimum atomic E-state index is -4.03. The van der Waals surface area contributed by atoms with E-state index in [2.05, 4.69) is 32.2 Å². The van der Waals surface area contributed by atoms with Gasteiger partial charge in [-0.15, -0.1) is 0 Å². The molecule has 0 fully saturated rings. The average Bonchev–Trinajstić information content (AvgIpc) is 3.33. The fourth-order valence-electron chi connectivity index (χ4n) is 4.00. The van der Waals surface area contributed by atoms with Gasteiger partial charge in [-0.2, -0.15) is 4.72 Å². The lowest BCUT2D eigenvalue weighted by molar-refractivity contribution is -0.148. The minimum Gasteiger partial charge on any atom is -0.465 e. The second-order valence-corrected chi connectivity index (χ2v) is 10.3. The van der Waals surface area contributed by atoms with E-state index in [-0.39, 0.29) is 24.5 Å². The van der Waals surface area contributed by atoms with E-state index in [0.717, 1.165) is 12.0 Å². The molecule has 1 amide bonds. The molecule has 2 aromatic rings. The van der Waals surface area contributed by atoms with Crippen LogP contribution in [-0.4, -0.2) is 74.5 Å². The number of anilines is 2. The zero-order valence-corrected chi connectivity index (χ0v) is 21.2. The van der Waals surface area contributed by atoms with E-state index in [9.17, 15) is 18.0 Å². The Morgan fingerprint density at radius 3 is 2.86 bits per heavy atom. The Kier molecular flexibility index (Phi) is 9.10. The van der Waals surface area contributed by atoms with Crippen LogP contribution in [0.1, 0.15) is 32.3 Å².